The summed E-state index contributed by atoms with van der Waals surface area (Å²) in [5, 5.41) is 13.0. The van der Waals surface area contributed by atoms with E-state index in [0.29, 0.717) is 30.2 Å². The van der Waals surface area contributed by atoms with Crippen LogP contribution >= 0.6 is 11.6 Å². The van der Waals surface area contributed by atoms with Crippen LogP contribution < -0.4 is 5.32 Å². The van der Waals surface area contributed by atoms with Gasteiger partial charge in [0.2, 0.25) is 5.91 Å². The van der Waals surface area contributed by atoms with Gasteiger partial charge < -0.3 is 10.4 Å². The monoisotopic (exact) mass is 333 g/mol. The first-order valence-electron chi connectivity index (χ1n) is 7.50. The Hall–Kier alpha value is -1.98. The third-order valence-electron chi connectivity index (χ3n) is 3.55. The number of hydrogen-bond acceptors (Lipinski definition) is 4. The van der Waals surface area contributed by atoms with Crippen molar-refractivity contribution in [3.05, 3.63) is 58.6 Å². The zero-order chi connectivity index (χ0) is 16.7. The molecule has 1 aromatic heterocycles. The number of aliphatic hydroxyl groups is 1. The molecule has 0 saturated heterocycles. The van der Waals surface area contributed by atoms with Crippen LogP contribution in [0.3, 0.4) is 0 Å². The number of benzene rings is 1. The summed E-state index contributed by atoms with van der Waals surface area (Å²) >= 11 is 6.13. The van der Waals surface area contributed by atoms with Crippen molar-refractivity contribution in [1.29, 1.82) is 0 Å². The number of amides is 1. The third-order valence-corrected chi connectivity index (χ3v) is 3.90. The van der Waals surface area contributed by atoms with Crippen LogP contribution in [0.25, 0.3) is 0 Å². The van der Waals surface area contributed by atoms with Crippen LogP contribution in [0.5, 0.6) is 0 Å². The number of aliphatic hydroxyl groups excluding tert-OH is 1. The molecule has 0 bridgehead atoms. The number of carbonyl (C=O) groups excluding carboxylic acids is 1. The highest BCUT2D eigenvalue weighted by Gasteiger charge is 2.14. The number of nitrogens with one attached hydrogen (secondary N) is 1. The molecule has 1 amide bonds. The molecule has 0 radical (unpaired) electrons. The third kappa shape index (κ3) is 5.30. The number of rotatable bonds is 7. The maximum Gasteiger partial charge on any atom is 0.220 e. The average Bonchev–Trinajstić information content (AvgIpc) is 2.55. The Bertz CT molecular complexity index is 664. The van der Waals surface area contributed by atoms with E-state index in [1.54, 1.807) is 18.3 Å². The standard InChI is InChI=1S/C17H20ClN3O2/c1-12-19-9-8-14(21-12)6-7-17(23)20-10-13(11-22)15-4-2-3-5-16(15)18/h2-5,8-9,13,22H,6-7,10-11H2,1H3,(H,20,23). The topological polar surface area (TPSA) is 75.1 Å². The van der Waals surface area contributed by atoms with Crippen LogP contribution in [0, 0.1) is 6.92 Å². The van der Waals surface area contributed by atoms with E-state index in [1.807, 2.05) is 25.1 Å². The van der Waals surface area contributed by atoms with Crippen molar-refractivity contribution in [2.75, 3.05) is 13.2 Å². The first-order chi connectivity index (χ1) is 11.1. The van der Waals surface area contributed by atoms with Gasteiger partial charge in [0, 0.05) is 35.8 Å². The summed E-state index contributed by atoms with van der Waals surface area (Å²) in [5.41, 5.74) is 1.68. The van der Waals surface area contributed by atoms with Gasteiger partial charge in [0.25, 0.3) is 0 Å². The van der Waals surface area contributed by atoms with Crippen LogP contribution in [0.2, 0.25) is 5.02 Å². The molecule has 0 aliphatic rings. The zero-order valence-electron chi connectivity index (χ0n) is 13.0. The summed E-state index contributed by atoms with van der Waals surface area (Å²) in [7, 11) is 0. The van der Waals surface area contributed by atoms with Crippen molar-refractivity contribution < 1.29 is 9.90 Å². The van der Waals surface area contributed by atoms with Gasteiger partial charge in [-0.2, -0.15) is 0 Å². The molecule has 1 aromatic carbocycles. The van der Waals surface area contributed by atoms with Gasteiger partial charge in [-0.15, -0.1) is 0 Å². The predicted molar refractivity (Wildman–Crippen MR) is 89.4 cm³/mol. The molecule has 23 heavy (non-hydrogen) atoms. The molecule has 0 spiro atoms. The van der Waals surface area contributed by atoms with Crippen molar-refractivity contribution in [1.82, 2.24) is 15.3 Å². The van der Waals surface area contributed by atoms with Gasteiger partial charge in [-0.25, -0.2) is 9.97 Å². The fourth-order valence-electron chi connectivity index (χ4n) is 2.29. The van der Waals surface area contributed by atoms with E-state index < -0.39 is 0 Å². The van der Waals surface area contributed by atoms with Crippen molar-refractivity contribution in [2.24, 2.45) is 0 Å². The Balaban J connectivity index is 1.84. The fraction of sp³-hybridized carbons (Fsp3) is 0.353. The molecule has 1 heterocycles. The van der Waals surface area contributed by atoms with Gasteiger partial charge in [-0.1, -0.05) is 29.8 Å². The summed E-state index contributed by atoms with van der Waals surface area (Å²) in [5.74, 6) is 0.405. The van der Waals surface area contributed by atoms with Crippen LogP contribution in [-0.2, 0) is 11.2 Å². The van der Waals surface area contributed by atoms with E-state index in [-0.39, 0.29) is 18.4 Å². The number of carbonyl (C=O) groups is 1. The molecule has 0 aliphatic carbocycles. The smallest absolute Gasteiger partial charge is 0.220 e. The minimum absolute atomic E-state index is 0.0743. The van der Waals surface area contributed by atoms with Crippen LogP contribution in [0.15, 0.2) is 36.5 Å². The van der Waals surface area contributed by atoms with E-state index in [0.717, 1.165) is 11.3 Å². The molecule has 5 nitrogen and oxygen atoms in total. The van der Waals surface area contributed by atoms with Crippen LogP contribution in [-0.4, -0.2) is 34.1 Å². The molecule has 1 unspecified atom stereocenters. The van der Waals surface area contributed by atoms with Gasteiger partial charge in [0.15, 0.2) is 0 Å². The van der Waals surface area contributed by atoms with Crippen molar-refractivity contribution >= 4 is 17.5 Å². The summed E-state index contributed by atoms with van der Waals surface area (Å²) in [6.45, 7) is 2.09. The highest BCUT2D eigenvalue weighted by atomic mass is 35.5. The van der Waals surface area contributed by atoms with Gasteiger partial charge in [0.05, 0.1) is 6.61 Å². The SMILES string of the molecule is Cc1nccc(CCC(=O)NCC(CO)c2ccccc2Cl)n1. The molecule has 1 atom stereocenters. The molecule has 0 fully saturated rings. The highest BCUT2D eigenvalue weighted by molar-refractivity contribution is 6.31. The predicted octanol–water partition coefficient (Wildman–Crippen LogP) is 2.26. The van der Waals surface area contributed by atoms with E-state index in [9.17, 15) is 9.90 Å². The molecule has 2 N–H and O–H groups in total. The maximum absolute atomic E-state index is 12.0. The molecule has 6 heteroatoms. The summed E-state index contributed by atoms with van der Waals surface area (Å²) in [4.78, 5) is 20.3. The fourth-order valence-corrected chi connectivity index (χ4v) is 2.58. The normalized spacial score (nSPS) is 12.0. The first-order valence-corrected chi connectivity index (χ1v) is 7.88. The Morgan fingerprint density at radius 3 is 2.83 bits per heavy atom. The second kappa shape index (κ2) is 8.60. The van der Waals surface area contributed by atoms with Gasteiger partial charge >= 0.3 is 0 Å². The number of hydrogen-bond donors (Lipinski definition) is 2. The molecule has 122 valence electrons. The quantitative estimate of drug-likeness (QED) is 0.815. The lowest BCUT2D eigenvalue weighted by Gasteiger charge is -2.16. The van der Waals surface area contributed by atoms with E-state index >= 15 is 0 Å². The van der Waals surface area contributed by atoms with Crippen LogP contribution in [0.1, 0.15) is 29.4 Å². The number of nitrogens with zero attached hydrogens (tertiary/aromatic N) is 2. The highest BCUT2D eigenvalue weighted by Crippen LogP contribution is 2.23. The molecule has 0 saturated carbocycles. The maximum atomic E-state index is 12.0. The van der Waals surface area contributed by atoms with Crippen LogP contribution in [0.4, 0.5) is 0 Å². The zero-order valence-corrected chi connectivity index (χ0v) is 13.8. The Labute approximate surface area is 140 Å². The Morgan fingerprint density at radius 1 is 1.35 bits per heavy atom. The average molecular weight is 334 g/mol. The van der Waals surface area contributed by atoms with E-state index in [4.69, 9.17) is 11.6 Å². The molecule has 2 aromatic rings. The second-order valence-corrected chi connectivity index (χ2v) is 5.71. The molecular weight excluding hydrogens is 314 g/mol. The lowest BCUT2D eigenvalue weighted by molar-refractivity contribution is -0.121. The number of aromatic nitrogens is 2. The minimum Gasteiger partial charge on any atom is -0.396 e. The van der Waals surface area contributed by atoms with Gasteiger partial charge in [-0.05, 0) is 31.0 Å². The Morgan fingerprint density at radius 2 is 2.13 bits per heavy atom. The molecule has 0 aliphatic heterocycles. The Kier molecular flexibility index (Phi) is 6.50. The van der Waals surface area contributed by atoms with E-state index in [2.05, 4.69) is 15.3 Å². The summed E-state index contributed by atoms with van der Waals surface area (Å²) in [6, 6.07) is 9.14. The van der Waals surface area contributed by atoms with Gasteiger partial charge in [-0.3, -0.25) is 4.79 Å². The largest absolute Gasteiger partial charge is 0.396 e. The van der Waals surface area contributed by atoms with Crippen molar-refractivity contribution in [3.63, 3.8) is 0 Å². The molecule has 2 rings (SSSR count). The number of halogens is 1. The lowest BCUT2D eigenvalue weighted by atomic mass is 10.00. The minimum atomic E-state index is -0.214. The first kappa shape index (κ1) is 17.4. The molecular formula is C17H20ClN3O2. The lowest BCUT2D eigenvalue weighted by Crippen LogP contribution is -2.30. The number of aryl methyl sites for hydroxylation is 2. The summed E-state index contributed by atoms with van der Waals surface area (Å²) < 4.78 is 0. The van der Waals surface area contributed by atoms with Crippen molar-refractivity contribution in [3.8, 4) is 0 Å². The van der Waals surface area contributed by atoms with E-state index in [1.165, 1.54) is 0 Å². The van der Waals surface area contributed by atoms with Gasteiger partial charge in [0.1, 0.15) is 5.82 Å². The summed E-state index contributed by atoms with van der Waals surface area (Å²) in [6.07, 6.45) is 2.59. The second-order valence-electron chi connectivity index (χ2n) is 5.30. The van der Waals surface area contributed by atoms with Crippen molar-refractivity contribution in [2.45, 2.75) is 25.7 Å².